The maximum Gasteiger partial charge on any atom is 0.252 e. The Kier molecular flexibility index (Phi) is 1.93. The molecule has 0 saturated carbocycles. The Morgan fingerprint density at radius 2 is 2.07 bits per heavy atom. The molecule has 0 amide bonds. The van der Waals surface area contributed by atoms with Crippen LogP contribution in [-0.2, 0) is 4.79 Å². The summed E-state index contributed by atoms with van der Waals surface area (Å²) in [6, 6.07) is 7.31. The highest BCUT2D eigenvalue weighted by atomic mass is 16.1. The Labute approximate surface area is 80.7 Å². The number of H-pyrrole nitrogens is 1. The van der Waals surface area contributed by atoms with Crippen molar-refractivity contribution in [1.29, 1.82) is 0 Å². The first kappa shape index (κ1) is 8.69. The van der Waals surface area contributed by atoms with Gasteiger partial charge in [0.2, 0.25) is 0 Å². The van der Waals surface area contributed by atoms with Crippen molar-refractivity contribution < 1.29 is 9.59 Å². The maximum absolute atomic E-state index is 11.3. The van der Waals surface area contributed by atoms with E-state index < -0.39 is 0 Å². The van der Waals surface area contributed by atoms with Gasteiger partial charge in [0.25, 0.3) is 6.29 Å². The third kappa shape index (κ3) is 1.14. The van der Waals surface area contributed by atoms with Gasteiger partial charge >= 0.3 is 0 Å². The lowest BCUT2D eigenvalue weighted by molar-refractivity contribution is 0.101. The molecule has 1 aromatic carbocycles. The van der Waals surface area contributed by atoms with Crippen LogP contribution in [0.3, 0.4) is 0 Å². The van der Waals surface area contributed by atoms with Gasteiger partial charge in [0.1, 0.15) is 5.69 Å². The smallest absolute Gasteiger partial charge is 0.252 e. The second-order valence-electron chi connectivity index (χ2n) is 3.08. The molecule has 0 atom stereocenters. The van der Waals surface area contributed by atoms with Gasteiger partial charge < -0.3 is 4.98 Å². The molecule has 0 unspecified atom stereocenters. The first-order chi connectivity index (χ1) is 6.74. The summed E-state index contributed by atoms with van der Waals surface area (Å²) < 4.78 is 0. The average Bonchev–Trinajstić information content (AvgIpc) is 2.55. The van der Waals surface area contributed by atoms with E-state index in [-0.39, 0.29) is 11.5 Å². The number of benzene rings is 1. The average molecular weight is 186 g/mol. The van der Waals surface area contributed by atoms with Crippen LogP contribution in [0.25, 0.3) is 10.9 Å². The Balaban J connectivity index is 2.87. The number of ketones is 1. The van der Waals surface area contributed by atoms with Gasteiger partial charge in [0, 0.05) is 10.9 Å². The van der Waals surface area contributed by atoms with E-state index in [0.717, 1.165) is 10.9 Å². The summed E-state index contributed by atoms with van der Waals surface area (Å²) in [5, 5.41) is 0.776. The van der Waals surface area contributed by atoms with Crippen LogP contribution < -0.4 is 0 Å². The van der Waals surface area contributed by atoms with E-state index in [9.17, 15) is 9.59 Å². The minimum atomic E-state index is -0.124. The van der Waals surface area contributed by atoms with Gasteiger partial charge in [0.15, 0.2) is 5.78 Å². The second kappa shape index (κ2) is 3.10. The fourth-order valence-corrected chi connectivity index (χ4v) is 1.58. The number of para-hydroxylation sites is 1. The lowest BCUT2D eigenvalue weighted by atomic mass is 10.1. The molecule has 0 spiro atoms. The summed E-state index contributed by atoms with van der Waals surface area (Å²) in [7, 11) is 0. The van der Waals surface area contributed by atoms with E-state index in [0.29, 0.717) is 5.56 Å². The zero-order chi connectivity index (χ0) is 10.1. The summed E-state index contributed by atoms with van der Waals surface area (Å²) in [5.74, 6) is -0.124. The third-order valence-corrected chi connectivity index (χ3v) is 2.16. The SMILES string of the molecule is CC(=O)c1c([C]=O)[nH]c2ccccc12. The quantitative estimate of drug-likeness (QED) is 0.727. The predicted molar refractivity (Wildman–Crippen MR) is 53.1 cm³/mol. The molecule has 14 heavy (non-hydrogen) atoms. The molecule has 2 rings (SSSR count). The van der Waals surface area contributed by atoms with E-state index in [1.54, 1.807) is 6.29 Å². The number of rotatable bonds is 2. The van der Waals surface area contributed by atoms with Crippen molar-refractivity contribution in [1.82, 2.24) is 4.98 Å². The summed E-state index contributed by atoms with van der Waals surface area (Å²) in [4.78, 5) is 24.7. The molecule has 1 aromatic heterocycles. The van der Waals surface area contributed by atoms with Crippen LogP contribution in [0.15, 0.2) is 24.3 Å². The fourth-order valence-electron chi connectivity index (χ4n) is 1.58. The van der Waals surface area contributed by atoms with Crippen molar-refractivity contribution in [3.8, 4) is 0 Å². The van der Waals surface area contributed by atoms with E-state index >= 15 is 0 Å². The van der Waals surface area contributed by atoms with Crippen LogP contribution in [0, 0.1) is 0 Å². The first-order valence-electron chi connectivity index (χ1n) is 4.24. The third-order valence-electron chi connectivity index (χ3n) is 2.16. The van der Waals surface area contributed by atoms with Gasteiger partial charge in [-0.15, -0.1) is 0 Å². The number of hydrogen-bond donors (Lipinski definition) is 1. The largest absolute Gasteiger partial charge is 0.351 e. The van der Waals surface area contributed by atoms with Crippen molar-refractivity contribution in [3.05, 3.63) is 35.5 Å². The Morgan fingerprint density at radius 1 is 1.36 bits per heavy atom. The zero-order valence-corrected chi connectivity index (χ0v) is 7.63. The Morgan fingerprint density at radius 3 is 2.71 bits per heavy atom. The van der Waals surface area contributed by atoms with E-state index in [1.165, 1.54) is 6.92 Å². The minimum absolute atomic E-state index is 0.124. The molecule has 1 heterocycles. The first-order valence-corrected chi connectivity index (χ1v) is 4.24. The zero-order valence-electron chi connectivity index (χ0n) is 7.63. The van der Waals surface area contributed by atoms with Crippen molar-refractivity contribution in [2.45, 2.75) is 6.92 Å². The van der Waals surface area contributed by atoms with Crippen molar-refractivity contribution in [2.75, 3.05) is 0 Å². The number of hydrogen-bond acceptors (Lipinski definition) is 2. The van der Waals surface area contributed by atoms with Gasteiger partial charge in [-0.25, -0.2) is 0 Å². The van der Waals surface area contributed by atoms with Crippen LogP contribution >= 0.6 is 0 Å². The lowest BCUT2D eigenvalue weighted by Crippen LogP contribution is -1.95. The van der Waals surface area contributed by atoms with Gasteiger partial charge in [-0.05, 0) is 13.0 Å². The molecule has 0 bridgehead atoms. The van der Waals surface area contributed by atoms with Crippen LogP contribution in [0.2, 0.25) is 0 Å². The predicted octanol–water partition coefficient (Wildman–Crippen LogP) is 1.83. The molecule has 3 nitrogen and oxygen atoms in total. The van der Waals surface area contributed by atoms with Crippen molar-refractivity contribution in [3.63, 3.8) is 0 Å². The number of Topliss-reactive ketones (excluding diaryl/α,β-unsaturated/α-hetero) is 1. The normalized spacial score (nSPS) is 10.4. The Hall–Kier alpha value is -1.90. The Bertz CT molecular complexity index is 511. The number of carbonyl (C=O) groups is 1. The van der Waals surface area contributed by atoms with E-state index in [2.05, 4.69) is 4.98 Å². The molecule has 0 fully saturated rings. The highest BCUT2D eigenvalue weighted by Gasteiger charge is 2.14. The molecule has 0 aliphatic carbocycles. The number of fused-ring (bicyclic) bond motifs is 1. The number of carbonyl (C=O) groups excluding carboxylic acids is 2. The maximum atomic E-state index is 11.3. The molecule has 1 N–H and O–H groups in total. The van der Waals surface area contributed by atoms with Crippen molar-refractivity contribution >= 4 is 23.0 Å². The van der Waals surface area contributed by atoms with Crippen LogP contribution in [-0.4, -0.2) is 17.1 Å². The minimum Gasteiger partial charge on any atom is -0.351 e. The van der Waals surface area contributed by atoms with Crippen molar-refractivity contribution in [2.24, 2.45) is 0 Å². The molecular weight excluding hydrogens is 178 g/mol. The van der Waals surface area contributed by atoms with Gasteiger partial charge in [-0.1, -0.05) is 18.2 Å². The van der Waals surface area contributed by atoms with Gasteiger partial charge in [0.05, 0.1) is 5.56 Å². The van der Waals surface area contributed by atoms with Crippen LogP contribution in [0.1, 0.15) is 23.0 Å². The standard InChI is InChI=1S/C11H8NO2/c1-7(14)11-8-4-2-3-5-9(8)12-10(11)6-13/h2-5,12H,1H3. The molecule has 0 aliphatic rings. The monoisotopic (exact) mass is 186 g/mol. The number of aromatic nitrogens is 1. The summed E-state index contributed by atoms with van der Waals surface area (Å²) in [6.07, 6.45) is 1.74. The number of aromatic amines is 1. The summed E-state index contributed by atoms with van der Waals surface area (Å²) in [5.41, 5.74) is 1.45. The molecule has 1 radical (unpaired) electrons. The van der Waals surface area contributed by atoms with Crippen LogP contribution in [0.4, 0.5) is 0 Å². The van der Waals surface area contributed by atoms with E-state index in [4.69, 9.17) is 0 Å². The molecular formula is C11H8NO2. The molecule has 0 saturated heterocycles. The summed E-state index contributed by atoms with van der Waals surface area (Å²) >= 11 is 0. The summed E-state index contributed by atoms with van der Waals surface area (Å²) in [6.45, 7) is 1.44. The topological polar surface area (TPSA) is 49.9 Å². The molecule has 0 aliphatic heterocycles. The van der Waals surface area contributed by atoms with Gasteiger partial charge in [-0.3, -0.25) is 9.59 Å². The molecule has 2 aromatic rings. The lowest BCUT2D eigenvalue weighted by Gasteiger charge is -1.92. The van der Waals surface area contributed by atoms with Crippen LogP contribution in [0.5, 0.6) is 0 Å². The molecule has 3 heteroatoms. The van der Waals surface area contributed by atoms with Gasteiger partial charge in [-0.2, -0.15) is 0 Å². The van der Waals surface area contributed by atoms with E-state index in [1.807, 2.05) is 24.3 Å². The second-order valence-corrected chi connectivity index (χ2v) is 3.08. The number of nitrogens with one attached hydrogen (secondary N) is 1. The fraction of sp³-hybridized carbons (Fsp3) is 0.0909. The highest BCUT2D eigenvalue weighted by Crippen LogP contribution is 2.21. The highest BCUT2D eigenvalue weighted by molar-refractivity contribution is 6.12. The molecule has 69 valence electrons.